The van der Waals surface area contributed by atoms with E-state index in [1.165, 1.54) is 10.5 Å². The third-order valence-electron chi connectivity index (χ3n) is 4.89. The number of hydrogen-bond acceptors (Lipinski definition) is 4. The number of para-hydroxylation sites is 2. The van der Waals surface area contributed by atoms with Crippen LogP contribution in [0.15, 0.2) is 88.4 Å². The van der Waals surface area contributed by atoms with Crippen LogP contribution in [0, 0.1) is 6.92 Å². The number of hydrogen-bond donors (Lipinski definition) is 1. The number of aryl methyl sites for hydroxylation is 1. The van der Waals surface area contributed by atoms with Gasteiger partial charge in [0.1, 0.15) is 0 Å². The first-order valence-corrected chi connectivity index (χ1v) is 11.5. The molecule has 0 unspecified atom stereocenters. The molecule has 0 radical (unpaired) electrons. The maximum absolute atomic E-state index is 13.4. The van der Waals surface area contributed by atoms with Crippen LogP contribution < -0.4 is 9.62 Å². The van der Waals surface area contributed by atoms with E-state index in [-0.39, 0.29) is 11.4 Å². The molecular weight excluding hydrogens is 464 g/mol. The molecule has 0 saturated heterocycles. The van der Waals surface area contributed by atoms with Crippen LogP contribution in [0.2, 0.25) is 0 Å². The number of nitrogens with zero attached hydrogens (tertiary/aromatic N) is 1. The van der Waals surface area contributed by atoms with Crippen molar-refractivity contribution >= 4 is 43.1 Å². The number of rotatable bonds is 4. The van der Waals surface area contributed by atoms with Crippen molar-refractivity contribution in [2.45, 2.75) is 13.5 Å². The van der Waals surface area contributed by atoms with Crippen LogP contribution in [0.3, 0.4) is 0 Å². The zero-order valence-electron chi connectivity index (χ0n) is 16.2. The maximum atomic E-state index is 13.4. The molecule has 0 bridgehead atoms. The fourth-order valence-corrected chi connectivity index (χ4v) is 5.20. The second kappa shape index (κ2) is 8.08. The highest BCUT2D eigenvalue weighted by molar-refractivity contribution is 9.10. The Bertz CT molecular complexity index is 1250. The molecule has 0 amide bonds. The van der Waals surface area contributed by atoms with Gasteiger partial charge in [0.2, 0.25) is 5.78 Å². The van der Waals surface area contributed by atoms with Crippen molar-refractivity contribution in [3.63, 3.8) is 0 Å². The van der Waals surface area contributed by atoms with Gasteiger partial charge in [0.25, 0.3) is 10.0 Å². The van der Waals surface area contributed by atoms with Crippen molar-refractivity contribution < 1.29 is 13.2 Å². The quantitative estimate of drug-likeness (QED) is 0.516. The lowest BCUT2D eigenvalue weighted by Crippen LogP contribution is -2.39. The van der Waals surface area contributed by atoms with Crippen LogP contribution >= 0.6 is 15.9 Å². The van der Waals surface area contributed by atoms with Gasteiger partial charge in [0.05, 0.1) is 17.9 Å². The molecule has 30 heavy (non-hydrogen) atoms. The van der Waals surface area contributed by atoms with E-state index >= 15 is 0 Å². The molecule has 4 rings (SSSR count). The lowest BCUT2D eigenvalue weighted by molar-refractivity contribution is 0.104. The predicted molar refractivity (Wildman–Crippen MR) is 123 cm³/mol. The SMILES string of the molecule is Cc1ccc(CN2c3ccccc3C(=O)C(=CNc3ccccc3Br)S2(=O)=O)cc1. The summed E-state index contributed by atoms with van der Waals surface area (Å²) in [5.41, 5.74) is 3.35. The van der Waals surface area contributed by atoms with Gasteiger partial charge in [0.15, 0.2) is 4.91 Å². The number of carbonyl (C=O) groups excluding carboxylic acids is 1. The summed E-state index contributed by atoms with van der Waals surface area (Å²) in [5.74, 6) is -0.523. The van der Waals surface area contributed by atoms with Gasteiger partial charge < -0.3 is 5.32 Å². The minimum atomic E-state index is -4.05. The first-order valence-electron chi connectivity index (χ1n) is 9.31. The minimum absolute atomic E-state index is 0.138. The predicted octanol–water partition coefficient (Wildman–Crippen LogP) is 5.24. The summed E-state index contributed by atoms with van der Waals surface area (Å²) < 4.78 is 29.0. The van der Waals surface area contributed by atoms with Gasteiger partial charge >= 0.3 is 0 Å². The van der Waals surface area contributed by atoms with Gasteiger partial charge in [-0.15, -0.1) is 0 Å². The Morgan fingerprint density at radius 1 is 0.967 bits per heavy atom. The molecule has 1 heterocycles. The topological polar surface area (TPSA) is 66.5 Å². The molecule has 0 aliphatic carbocycles. The molecular formula is C23H19BrN2O3S. The third-order valence-corrected chi connectivity index (χ3v) is 7.35. The number of nitrogens with one attached hydrogen (secondary N) is 1. The maximum Gasteiger partial charge on any atom is 0.270 e. The van der Waals surface area contributed by atoms with Crippen LogP contribution in [-0.2, 0) is 16.6 Å². The molecule has 152 valence electrons. The number of ketones is 1. The average Bonchev–Trinajstić information content (AvgIpc) is 2.73. The van der Waals surface area contributed by atoms with Crippen LogP contribution in [0.5, 0.6) is 0 Å². The van der Waals surface area contributed by atoms with Crippen molar-refractivity contribution in [1.82, 2.24) is 0 Å². The highest BCUT2D eigenvalue weighted by Gasteiger charge is 2.40. The van der Waals surface area contributed by atoms with E-state index in [2.05, 4.69) is 21.2 Å². The van der Waals surface area contributed by atoms with Crippen LogP contribution in [0.25, 0.3) is 0 Å². The molecule has 1 aliphatic rings. The number of benzene rings is 3. The van der Waals surface area contributed by atoms with Gasteiger partial charge in [-0.05, 0) is 52.7 Å². The zero-order valence-corrected chi connectivity index (χ0v) is 18.6. The summed E-state index contributed by atoms with van der Waals surface area (Å²) in [6.07, 6.45) is 1.27. The van der Waals surface area contributed by atoms with Crippen molar-refractivity contribution in [3.05, 3.63) is 105 Å². The van der Waals surface area contributed by atoms with E-state index in [0.29, 0.717) is 16.9 Å². The van der Waals surface area contributed by atoms with Gasteiger partial charge in [-0.2, -0.15) is 0 Å². The molecule has 7 heteroatoms. The summed E-state index contributed by atoms with van der Waals surface area (Å²) in [4.78, 5) is 12.8. The first kappa shape index (κ1) is 20.4. The van der Waals surface area contributed by atoms with Crippen LogP contribution in [0.4, 0.5) is 11.4 Å². The summed E-state index contributed by atoms with van der Waals surface area (Å²) in [7, 11) is -4.05. The van der Waals surface area contributed by atoms with Gasteiger partial charge in [-0.3, -0.25) is 9.10 Å². The standard InChI is InChI=1S/C23H19BrN2O3S/c1-16-10-12-17(13-11-16)15-26-21-9-5-2-6-18(21)23(27)22(30(26,28)29)14-25-20-8-4-3-7-19(20)24/h2-14,25H,15H2,1H3. The molecule has 0 spiro atoms. The van der Waals surface area contributed by atoms with Gasteiger partial charge in [-0.1, -0.05) is 54.1 Å². The summed E-state index contributed by atoms with van der Waals surface area (Å²) in [6.45, 7) is 2.11. The van der Waals surface area contributed by atoms with E-state index < -0.39 is 15.8 Å². The number of anilines is 2. The Morgan fingerprint density at radius 3 is 2.37 bits per heavy atom. The monoisotopic (exact) mass is 482 g/mol. The molecule has 0 atom stereocenters. The Labute approximate surface area is 184 Å². The van der Waals surface area contributed by atoms with Gasteiger partial charge in [-0.25, -0.2) is 8.42 Å². The first-order chi connectivity index (χ1) is 14.4. The number of allylic oxidation sites excluding steroid dienone is 1. The fraction of sp³-hybridized carbons (Fsp3) is 0.0870. The highest BCUT2D eigenvalue weighted by Crippen LogP contribution is 2.36. The lowest BCUT2D eigenvalue weighted by Gasteiger charge is -2.31. The zero-order chi connectivity index (χ0) is 21.3. The summed E-state index contributed by atoms with van der Waals surface area (Å²) in [5, 5.41) is 2.96. The van der Waals surface area contributed by atoms with E-state index in [0.717, 1.165) is 15.6 Å². The molecule has 3 aromatic rings. The number of sulfonamides is 1. The number of Topliss-reactive ketones (excluding diaryl/α,β-unsaturated/α-hetero) is 1. The van der Waals surface area contributed by atoms with E-state index in [4.69, 9.17) is 0 Å². The fourth-order valence-electron chi connectivity index (χ4n) is 3.27. The van der Waals surface area contributed by atoms with E-state index in [9.17, 15) is 13.2 Å². The number of carbonyl (C=O) groups is 1. The third kappa shape index (κ3) is 3.78. The lowest BCUT2D eigenvalue weighted by atomic mass is 10.1. The second-order valence-corrected chi connectivity index (χ2v) is 9.66. The minimum Gasteiger partial charge on any atom is -0.359 e. The molecule has 0 aromatic heterocycles. The summed E-state index contributed by atoms with van der Waals surface area (Å²) >= 11 is 3.42. The van der Waals surface area contributed by atoms with Gasteiger partial charge in [0, 0.05) is 16.2 Å². The van der Waals surface area contributed by atoms with Crippen LogP contribution in [0.1, 0.15) is 21.5 Å². The molecule has 0 fully saturated rings. The Morgan fingerprint density at radius 2 is 1.63 bits per heavy atom. The van der Waals surface area contributed by atoms with Crippen molar-refractivity contribution in [2.24, 2.45) is 0 Å². The Hall–Kier alpha value is -2.90. The van der Waals surface area contributed by atoms with Crippen molar-refractivity contribution in [2.75, 3.05) is 9.62 Å². The van der Waals surface area contributed by atoms with Crippen LogP contribution in [-0.4, -0.2) is 14.2 Å². The van der Waals surface area contributed by atoms with Crippen molar-refractivity contribution in [3.8, 4) is 0 Å². The molecule has 3 aromatic carbocycles. The summed E-state index contributed by atoms with van der Waals surface area (Å²) in [6, 6.07) is 21.7. The molecule has 1 aliphatic heterocycles. The normalized spacial score (nSPS) is 16.4. The van der Waals surface area contributed by atoms with E-state index in [1.54, 1.807) is 30.3 Å². The largest absolute Gasteiger partial charge is 0.359 e. The average molecular weight is 483 g/mol. The smallest absolute Gasteiger partial charge is 0.270 e. The number of halogens is 1. The Kier molecular flexibility index (Phi) is 5.49. The van der Waals surface area contributed by atoms with E-state index in [1.807, 2.05) is 49.4 Å². The van der Waals surface area contributed by atoms with Crippen molar-refractivity contribution in [1.29, 1.82) is 0 Å². The highest BCUT2D eigenvalue weighted by atomic mass is 79.9. The Balaban J connectivity index is 1.79. The molecule has 0 saturated carbocycles. The molecule has 1 N–H and O–H groups in total. The second-order valence-electron chi connectivity index (χ2n) is 6.98. The molecule has 5 nitrogen and oxygen atoms in total. The number of fused-ring (bicyclic) bond motifs is 1.